The molecule has 0 unspecified atom stereocenters. The van der Waals surface area contributed by atoms with Crippen LogP contribution in [0.25, 0.3) is 0 Å². The van der Waals surface area contributed by atoms with E-state index in [4.69, 9.17) is 11.6 Å². The third-order valence-corrected chi connectivity index (χ3v) is 5.79. The zero-order valence-electron chi connectivity index (χ0n) is 11.5. The molecular formula is C12H16ClN3O4S. The zero-order valence-corrected chi connectivity index (χ0v) is 13.0. The molecule has 0 amide bonds. The van der Waals surface area contributed by atoms with Gasteiger partial charge < -0.3 is 5.32 Å². The molecule has 1 aliphatic rings. The molecule has 9 heteroatoms. The van der Waals surface area contributed by atoms with Crippen molar-refractivity contribution >= 4 is 27.3 Å². The lowest BCUT2D eigenvalue weighted by atomic mass is 10.1. The van der Waals surface area contributed by atoms with Crippen LogP contribution in [0.15, 0.2) is 23.1 Å². The average Bonchev–Trinajstić information content (AvgIpc) is 2.47. The van der Waals surface area contributed by atoms with Crippen LogP contribution in [0.3, 0.4) is 0 Å². The maximum absolute atomic E-state index is 12.6. The normalized spacial score (nSPS) is 17.1. The van der Waals surface area contributed by atoms with Crippen molar-refractivity contribution in [3.05, 3.63) is 33.3 Å². The van der Waals surface area contributed by atoms with Gasteiger partial charge in [-0.1, -0.05) is 11.6 Å². The molecule has 1 aliphatic heterocycles. The van der Waals surface area contributed by atoms with Gasteiger partial charge in [0, 0.05) is 24.2 Å². The van der Waals surface area contributed by atoms with Gasteiger partial charge in [0.2, 0.25) is 10.0 Å². The molecule has 1 heterocycles. The van der Waals surface area contributed by atoms with Crippen molar-refractivity contribution in [1.82, 2.24) is 9.62 Å². The molecule has 1 N–H and O–H groups in total. The Hall–Kier alpha value is -1.22. The monoisotopic (exact) mass is 333 g/mol. The van der Waals surface area contributed by atoms with E-state index >= 15 is 0 Å². The minimum Gasteiger partial charge on any atom is -0.317 e. The summed E-state index contributed by atoms with van der Waals surface area (Å²) in [6.45, 7) is 1.46. The van der Waals surface area contributed by atoms with Gasteiger partial charge in [-0.25, -0.2) is 8.42 Å². The fraction of sp³-hybridized carbons (Fsp3) is 0.500. The molecule has 2 rings (SSSR count). The second-order valence-electron chi connectivity index (χ2n) is 4.87. The highest BCUT2D eigenvalue weighted by Gasteiger charge is 2.34. The molecule has 0 spiro atoms. The van der Waals surface area contributed by atoms with Gasteiger partial charge in [0.25, 0.3) is 5.69 Å². The number of piperidine rings is 1. The largest absolute Gasteiger partial charge is 0.317 e. The Morgan fingerprint density at radius 2 is 2.00 bits per heavy atom. The summed E-state index contributed by atoms with van der Waals surface area (Å²) in [7, 11) is -2.46. The molecular weight excluding hydrogens is 318 g/mol. The summed E-state index contributed by atoms with van der Waals surface area (Å²) in [5.41, 5.74) is -0.497. The first-order chi connectivity index (χ1) is 9.84. The molecule has 0 saturated carbocycles. The Kier molecular flexibility index (Phi) is 4.82. The van der Waals surface area contributed by atoms with Crippen LogP contribution in [0.1, 0.15) is 12.8 Å². The highest BCUT2D eigenvalue weighted by Crippen LogP contribution is 2.30. The van der Waals surface area contributed by atoms with Crippen LogP contribution in [0.2, 0.25) is 5.02 Å². The van der Waals surface area contributed by atoms with Crippen molar-refractivity contribution in [2.24, 2.45) is 0 Å². The van der Waals surface area contributed by atoms with Gasteiger partial charge in [0.1, 0.15) is 0 Å². The minimum absolute atomic E-state index is 0.130. The third kappa shape index (κ3) is 3.34. The summed E-state index contributed by atoms with van der Waals surface area (Å²) in [5, 5.41) is 14.4. The van der Waals surface area contributed by atoms with Crippen LogP contribution in [0.4, 0.5) is 5.69 Å². The second-order valence-corrected chi connectivity index (χ2v) is 7.27. The maximum Gasteiger partial charge on any atom is 0.290 e. The SMILES string of the molecule is CN(C1CCNCC1)S(=O)(=O)c1ccc(Cl)cc1[N+](=O)[O-]. The van der Waals surface area contributed by atoms with Crippen LogP contribution in [0, 0.1) is 10.1 Å². The molecule has 1 aromatic carbocycles. The van der Waals surface area contributed by atoms with E-state index in [1.807, 2.05) is 0 Å². The van der Waals surface area contributed by atoms with E-state index in [1.165, 1.54) is 23.5 Å². The van der Waals surface area contributed by atoms with Crippen molar-refractivity contribution in [3.8, 4) is 0 Å². The zero-order chi connectivity index (χ0) is 15.6. The van der Waals surface area contributed by atoms with Crippen LogP contribution in [-0.2, 0) is 10.0 Å². The van der Waals surface area contributed by atoms with E-state index in [-0.39, 0.29) is 16.0 Å². The number of hydrogen-bond donors (Lipinski definition) is 1. The minimum atomic E-state index is -3.93. The number of hydrogen-bond acceptors (Lipinski definition) is 5. The van der Waals surface area contributed by atoms with Gasteiger partial charge in [-0.2, -0.15) is 4.31 Å². The Morgan fingerprint density at radius 3 is 2.57 bits per heavy atom. The molecule has 0 aromatic heterocycles. The number of nitro groups is 1. The molecule has 0 bridgehead atoms. The molecule has 0 aliphatic carbocycles. The van der Waals surface area contributed by atoms with Gasteiger partial charge in [-0.3, -0.25) is 10.1 Å². The topological polar surface area (TPSA) is 92.6 Å². The molecule has 0 atom stereocenters. The van der Waals surface area contributed by atoms with E-state index < -0.39 is 20.6 Å². The predicted octanol–water partition coefficient (Wildman–Crippen LogP) is 1.62. The van der Waals surface area contributed by atoms with E-state index in [1.54, 1.807) is 0 Å². The molecule has 0 radical (unpaired) electrons. The summed E-state index contributed by atoms with van der Waals surface area (Å²) >= 11 is 5.72. The molecule has 1 fully saturated rings. The summed E-state index contributed by atoms with van der Waals surface area (Å²) in [6.07, 6.45) is 1.36. The highest BCUT2D eigenvalue weighted by molar-refractivity contribution is 7.89. The smallest absolute Gasteiger partial charge is 0.290 e. The molecule has 116 valence electrons. The maximum atomic E-state index is 12.6. The van der Waals surface area contributed by atoms with Gasteiger partial charge in [0.15, 0.2) is 4.90 Å². The van der Waals surface area contributed by atoms with E-state index in [0.29, 0.717) is 12.8 Å². The van der Waals surface area contributed by atoms with E-state index in [9.17, 15) is 18.5 Å². The van der Waals surface area contributed by atoms with Crippen molar-refractivity contribution in [2.45, 2.75) is 23.8 Å². The third-order valence-electron chi connectivity index (χ3n) is 3.60. The Morgan fingerprint density at radius 1 is 1.38 bits per heavy atom. The standard InChI is InChI=1S/C12H16ClN3O4S/c1-15(10-4-6-14-7-5-10)21(19,20)12-3-2-9(13)8-11(12)16(17)18/h2-3,8,10,14H,4-7H2,1H3. The second kappa shape index (κ2) is 6.27. The summed E-state index contributed by atoms with van der Waals surface area (Å²) in [6, 6.07) is 3.43. The number of nitrogens with zero attached hydrogens (tertiary/aromatic N) is 2. The summed E-state index contributed by atoms with van der Waals surface area (Å²) in [4.78, 5) is 10.0. The van der Waals surface area contributed by atoms with Crippen molar-refractivity contribution in [2.75, 3.05) is 20.1 Å². The lowest BCUT2D eigenvalue weighted by Gasteiger charge is -2.30. The Balaban J connectivity index is 2.41. The summed E-state index contributed by atoms with van der Waals surface area (Å²) in [5.74, 6) is 0. The Bertz CT molecular complexity index is 644. The molecule has 1 aromatic rings. The number of rotatable bonds is 4. The average molecular weight is 334 g/mol. The fourth-order valence-electron chi connectivity index (χ4n) is 2.37. The number of nitro benzene ring substituents is 1. The van der Waals surface area contributed by atoms with Crippen LogP contribution >= 0.6 is 11.6 Å². The quantitative estimate of drug-likeness (QED) is 0.667. The molecule has 21 heavy (non-hydrogen) atoms. The molecule has 1 saturated heterocycles. The highest BCUT2D eigenvalue weighted by atomic mass is 35.5. The Labute approximate surface area is 128 Å². The molecule has 7 nitrogen and oxygen atoms in total. The lowest BCUT2D eigenvalue weighted by Crippen LogP contribution is -2.43. The van der Waals surface area contributed by atoms with Gasteiger partial charge in [-0.05, 0) is 38.1 Å². The first-order valence-electron chi connectivity index (χ1n) is 6.46. The van der Waals surface area contributed by atoms with Crippen LogP contribution < -0.4 is 5.32 Å². The number of halogens is 1. The van der Waals surface area contributed by atoms with Crippen molar-refractivity contribution in [1.29, 1.82) is 0 Å². The number of benzene rings is 1. The van der Waals surface area contributed by atoms with Gasteiger partial charge in [-0.15, -0.1) is 0 Å². The predicted molar refractivity (Wildman–Crippen MR) is 78.9 cm³/mol. The van der Waals surface area contributed by atoms with Crippen LogP contribution in [-0.4, -0.2) is 43.8 Å². The van der Waals surface area contributed by atoms with Crippen LogP contribution in [0.5, 0.6) is 0 Å². The lowest BCUT2D eigenvalue weighted by molar-refractivity contribution is -0.387. The number of nitrogens with one attached hydrogen (secondary N) is 1. The number of sulfonamides is 1. The van der Waals surface area contributed by atoms with E-state index in [0.717, 1.165) is 19.2 Å². The van der Waals surface area contributed by atoms with Crippen molar-refractivity contribution in [3.63, 3.8) is 0 Å². The first kappa shape index (κ1) is 16.2. The van der Waals surface area contributed by atoms with E-state index in [2.05, 4.69) is 5.32 Å². The fourth-order valence-corrected chi connectivity index (χ4v) is 4.09. The van der Waals surface area contributed by atoms with Gasteiger partial charge >= 0.3 is 0 Å². The first-order valence-corrected chi connectivity index (χ1v) is 8.28. The van der Waals surface area contributed by atoms with Crippen molar-refractivity contribution < 1.29 is 13.3 Å². The van der Waals surface area contributed by atoms with Gasteiger partial charge in [0.05, 0.1) is 4.92 Å². The summed E-state index contributed by atoms with van der Waals surface area (Å²) < 4.78 is 26.5.